The summed E-state index contributed by atoms with van der Waals surface area (Å²) in [6.45, 7) is 0. The van der Waals surface area contributed by atoms with Crippen LogP contribution in [0.5, 0.6) is 5.75 Å². The standard InChI is InChI=1S/C10H11FN2O.ClH/c1-14-9-4-2-3-7(10(9)11)8(13)5-6-12;/h2-4,8H,5,13H2,1H3;1H/t8-;/m0./s1. The zero-order valence-corrected chi connectivity index (χ0v) is 9.05. The summed E-state index contributed by atoms with van der Waals surface area (Å²) >= 11 is 0. The van der Waals surface area contributed by atoms with E-state index in [1.165, 1.54) is 13.2 Å². The third kappa shape index (κ3) is 3.08. The third-order valence-electron chi connectivity index (χ3n) is 1.92. The van der Waals surface area contributed by atoms with Gasteiger partial charge in [-0.1, -0.05) is 12.1 Å². The van der Waals surface area contributed by atoms with Crippen molar-refractivity contribution in [3.8, 4) is 11.8 Å². The van der Waals surface area contributed by atoms with E-state index in [-0.39, 0.29) is 24.6 Å². The highest BCUT2D eigenvalue weighted by atomic mass is 35.5. The van der Waals surface area contributed by atoms with Crippen LogP contribution in [0.15, 0.2) is 18.2 Å². The van der Waals surface area contributed by atoms with Gasteiger partial charge in [0, 0.05) is 11.6 Å². The molecule has 0 saturated heterocycles. The van der Waals surface area contributed by atoms with E-state index >= 15 is 0 Å². The number of nitrogens with zero attached hydrogens (tertiary/aromatic N) is 1. The second kappa shape index (κ2) is 6.23. The van der Waals surface area contributed by atoms with E-state index in [0.717, 1.165) is 0 Å². The lowest BCUT2D eigenvalue weighted by molar-refractivity contribution is 0.382. The highest BCUT2D eigenvalue weighted by molar-refractivity contribution is 5.85. The molecule has 1 rings (SSSR count). The van der Waals surface area contributed by atoms with Gasteiger partial charge in [-0.15, -0.1) is 12.4 Å². The fourth-order valence-corrected chi connectivity index (χ4v) is 1.18. The summed E-state index contributed by atoms with van der Waals surface area (Å²) in [5, 5.41) is 8.43. The average molecular weight is 231 g/mol. The van der Waals surface area contributed by atoms with Gasteiger partial charge in [0.1, 0.15) is 0 Å². The van der Waals surface area contributed by atoms with E-state index in [0.29, 0.717) is 5.56 Å². The molecule has 15 heavy (non-hydrogen) atoms. The van der Waals surface area contributed by atoms with Crippen LogP contribution in [0, 0.1) is 17.1 Å². The minimum Gasteiger partial charge on any atom is -0.494 e. The van der Waals surface area contributed by atoms with Crippen LogP contribution in [0.4, 0.5) is 4.39 Å². The minimum absolute atomic E-state index is 0. The summed E-state index contributed by atoms with van der Waals surface area (Å²) in [6, 6.07) is 6.01. The van der Waals surface area contributed by atoms with Crippen LogP contribution >= 0.6 is 12.4 Å². The molecule has 0 bridgehead atoms. The van der Waals surface area contributed by atoms with Crippen molar-refractivity contribution in [1.29, 1.82) is 5.26 Å². The van der Waals surface area contributed by atoms with Gasteiger partial charge in [-0.25, -0.2) is 4.39 Å². The molecule has 0 spiro atoms. The molecular weight excluding hydrogens is 219 g/mol. The van der Waals surface area contributed by atoms with Crippen molar-refractivity contribution < 1.29 is 9.13 Å². The summed E-state index contributed by atoms with van der Waals surface area (Å²) in [5.74, 6) is -0.339. The van der Waals surface area contributed by atoms with Crippen molar-refractivity contribution in [2.75, 3.05) is 7.11 Å². The van der Waals surface area contributed by atoms with Crippen LogP contribution in [0.2, 0.25) is 0 Å². The van der Waals surface area contributed by atoms with E-state index in [1.54, 1.807) is 12.1 Å². The topological polar surface area (TPSA) is 59.0 Å². The monoisotopic (exact) mass is 230 g/mol. The first-order valence-electron chi connectivity index (χ1n) is 4.15. The highest BCUT2D eigenvalue weighted by Gasteiger charge is 2.14. The molecule has 0 amide bonds. The number of halogens is 2. The van der Waals surface area contributed by atoms with Gasteiger partial charge in [0.2, 0.25) is 0 Å². The molecule has 3 nitrogen and oxygen atoms in total. The van der Waals surface area contributed by atoms with Crippen molar-refractivity contribution >= 4 is 12.4 Å². The van der Waals surface area contributed by atoms with Crippen LogP contribution in [0.3, 0.4) is 0 Å². The molecule has 0 aliphatic carbocycles. The van der Waals surface area contributed by atoms with Gasteiger partial charge in [0.25, 0.3) is 0 Å². The van der Waals surface area contributed by atoms with E-state index in [4.69, 9.17) is 15.7 Å². The fourth-order valence-electron chi connectivity index (χ4n) is 1.18. The SMILES string of the molecule is COc1cccc([C@@H](N)CC#N)c1F.Cl. The number of nitrogens with two attached hydrogens (primary N) is 1. The van der Waals surface area contributed by atoms with E-state index < -0.39 is 11.9 Å². The molecule has 2 N–H and O–H groups in total. The molecule has 0 unspecified atom stereocenters. The largest absolute Gasteiger partial charge is 0.494 e. The summed E-state index contributed by atoms with van der Waals surface area (Å²) in [4.78, 5) is 0. The van der Waals surface area contributed by atoms with Crippen molar-refractivity contribution in [3.63, 3.8) is 0 Å². The molecule has 1 atom stereocenters. The molecule has 1 aromatic carbocycles. The van der Waals surface area contributed by atoms with Gasteiger partial charge in [0.05, 0.1) is 19.6 Å². The van der Waals surface area contributed by atoms with E-state index in [9.17, 15) is 4.39 Å². The molecule has 0 radical (unpaired) electrons. The summed E-state index contributed by atoms with van der Waals surface area (Å²) in [7, 11) is 1.39. The molecule has 0 fully saturated rings. The van der Waals surface area contributed by atoms with Crippen LogP contribution in [-0.2, 0) is 0 Å². The second-order valence-electron chi connectivity index (χ2n) is 2.83. The van der Waals surface area contributed by atoms with Crippen molar-refractivity contribution in [1.82, 2.24) is 0 Å². The molecule has 1 aromatic rings. The molecule has 0 aliphatic heterocycles. The Hall–Kier alpha value is -1.31. The predicted octanol–water partition coefficient (Wildman–Crippen LogP) is 2.17. The van der Waals surface area contributed by atoms with Crippen LogP contribution in [0.25, 0.3) is 0 Å². The van der Waals surface area contributed by atoms with Crippen LogP contribution < -0.4 is 10.5 Å². The van der Waals surface area contributed by atoms with Crippen molar-refractivity contribution in [3.05, 3.63) is 29.6 Å². The van der Waals surface area contributed by atoms with E-state index in [1.807, 2.05) is 6.07 Å². The fraction of sp³-hybridized carbons (Fsp3) is 0.300. The molecule has 0 aliphatic rings. The maximum absolute atomic E-state index is 13.5. The van der Waals surface area contributed by atoms with Gasteiger partial charge in [-0.05, 0) is 6.07 Å². The lowest BCUT2D eigenvalue weighted by Gasteiger charge is -2.11. The molecule has 0 aromatic heterocycles. The number of rotatable bonds is 3. The van der Waals surface area contributed by atoms with Gasteiger partial charge in [-0.3, -0.25) is 0 Å². The average Bonchev–Trinajstić information content (AvgIpc) is 2.18. The molecule has 82 valence electrons. The Kier molecular flexibility index (Phi) is 5.68. The Morgan fingerprint density at radius 2 is 2.27 bits per heavy atom. The lowest BCUT2D eigenvalue weighted by Crippen LogP contribution is -2.11. The second-order valence-corrected chi connectivity index (χ2v) is 2.83. The Balaban J connectivity index is 0.00000196. The Morgan fingerprint density at radius 1 is 1.60 bits per heavy atom. The van der Waals surface area contributed by atoms with Gasteiger partial charge >= 0.3 is 0 Å². The van der Waals surface area contributed by atoms with Gasteiger partial charge in [0.15, 0.2) is 11.6 Å². The highest BCUT2D eigenvalue weighted by Crippen LogP contribution is 2.24. The third-order valence-corrected chi connectivity index (χ3v) is 1.92. The summed E-state index contributed by atoms with van der Waals surface area (Å²) in [6.07, 6.45) is 0.0874. The zero-order chi connectivity index (χ0) is 10.6. The first-order chi connectivity index (χ1) is 6.70. The normalized spacial score (nSPS) is 11.1. The number of ether oxygens (including phenoxy) is 1. The predicted molar refractivity (Wildman–Crippen MR) is 57.4 cm³/mol. The molecule has 0 heterocycles. The first-order valence-corrected chi connectivity index (χ1v) is 4.15. The Bertz CT molecular complexity index is 365. The van der Waals surface area contributed by atoms with Gasteiger partial charge in [-0.2, -0.15) is 5.26 Å². The first kappa shape index (κ1) is 13.7. The Morgan fingerprint density at radius 3 is 2.80 bits per heavy atom. The Labute approximate surface area is 94.1 Å². The maximum atomic E-state index is 13.5. The molecule has 0 saturated carbocycles. The minimum atomic E-state index is -0.602. The number of hydrogen-bond donors (Lipinski definition) is 1. The maximum Gasteiger partial charge on any atom is 0.169 e. The number of methoxy groups -OCH3 is 1. The zero-order valence-electron chi connectivity index (χ0n) is 8.24. The van der Waals surface area contributed by atoms with Gasteiger partial charge < -0.3 is 10.5 Å². The molecular formula is C10H12ClFN2O. The van der Waals surface area contributed by atoms with Crippen LogP contribution in [-0.4, -0.2) is 7.11 Å². The van der Waals surface area contributed by atoms with Crippen molar-refractivity contribution in [2.45, 2.75) is 12.5 Å². The quantitative estimate of drug-likeness (QED) is 0.866. The lowest BCUT2D eigenvalue weighted by atomic mass is 10.0. The summed E-state index contributed by atoms with van der Waals surface area (Å²) in [5.41, 5.74) is 5.92. The van der Waals surface area contributed by atoms with Crippen LogP contribution in [0.1, 0.15) is 18.0 Å². The number of nitriles is 1. The smallest absolute Gasteiger partial charge is 0.169 e. The summed E-state index contributed by atoms with van der Waals surface area (Å²) < 4.78 is 18.3. The van der Waals surface area contributed by atoms with Crippen molar-refractivity contribution in [2.24, 2.45) is 5.73 Å². The molecule has 5 heteroatoms. The number of benzene rings is 1. The van der Waals surface area contributed by atoms with E-state index in [2.05, 4.69) is 0 Å². The number of hydrogen-bond acceptors (Lipinski definition) is 3.